The maximum absolute atomic E-state index is 12.5. The molecule has 2 aliphatic heterocycles. The van der Waals surface area contributed by atoms with Crippen molar-refractivity contribution in [1.29, 1.82) is 0 Å². The van der Waals surface area contributed by atoms with Crippen molar-refractivity contribution in [2.24, 2.45) is 0 Å². The molecule has 1 aromatic carbocycles. The predicted octanol–water partition coefficient (Wildman–Crippen LogP) is 1.44. The molecule has 1 atom stereocenters. The third kappa shape index (κ3) is 4.81. The lowest BCUT2D eigenvalue weighted by molar-refractivity contribution is -0.150. The number of esters is 1. The van der Waals surface area contributed by atoms with E-state index in [0.29, 0.717) is 36.8 Å². The van der Waals surface area contributed by atoms with Gasteiger partial charge in [-0.15, -0.1) is 0 Å². The van der Waals surface area contributed by atoms with Crippen LogP contribution >= 0.6 is 0 Å². The number of imide groups is 1. The molecule has 0 aliphatic carbocycles. The van der Waals surface area contributed by atoms with Crippen molar-refractivity contribution in [1.82, 2.24) is 10.2 Å². The Morgan fingerprint density at radius 2 is 1.97 bits per heavy atom. The Morgan fingerprint density at radius 3 is 2.70 bits per heavy atom. The summed E-state index contributed by atoms with van der Waals surface area (Å²) >= 11 is 0. The number of nitrogens with one attached hydrogen (secondary N) is 2. The normalized spacial score (nSPS) is 20.0. The van der Waals surface area contributed by atoms with E-state index in [1.807, 2.05) is 6.92 Å². The molecule has 1 saturated heterocycles. The highest BCUT2D eigenvalue weighted by molar-refractivity contribution is 6.08. The quantitative estimate of drug-likeness (QED) is 0.483. The Kier molecular flexibility index (Phi) is 6.43. The third-order valence-corrected chi connectivity index (χ3v) is 4.85. The van der Waals surface area contributed by atoms with E-state index in [-0.39, 0.29) is 0 Å². The molecule has 10 heteroatoms. The van der Waals surface area contributed by atoms with Gasteiger partial charge >= 0.3 is 12.0 Å². The topological polar surface area (TPSA) is 123 Å². The zero-order valence-electron chi connectivity index (χ0n) is 17.0. The first-order chi connectivity index (χ1) is 14.3. The number of unbranched alkanes of at least 4 members (excludes halogenated alkanes) is 1. The summed E-state index contributed by atoms with van der Waals surface area (Å²) in [6.45, 7) is 3.39. The average Bonchev–Trinajstić information content (AvgIpc) is 2.94. The standard InChI is InChI=1S/C20H25N3O7/c1-3-4-7-20(2)18(26)23(19(27)22-20)11-17(25)30-12-16(24)21-13-5-6-14-15(10-13)29-9-8-28-14/h5-6,10H,3-4,7-9,11-12H2,1-2H3,(H,21,24)(H,22,27)/t20-/m1/s1. The highest BCUT2D eigenvalue weighted by Crippen LogP contribution is 2.32. The molecule has 2 N–H and O–H groups in total. The molecule has 2 aliphatic rings. The monoisotopic (exact) mass is 419 g/mol. The Labute approximate surface area is 173 Å². The van der Waals surface area contributed by atoms with Gasteiger partial charge in [0.05, 0.1) is 0 Å². The van der Waals surface area contributed by atoms with Crippen LogP contribution in [0.3, 0.4) is 0 Å². The molecule has 0 bridgehead atoms. The highest BCUT2D eigenvalue weighted by Gasteiger charge is 2.47. The van der Waals surface area contributed by atoms with Gasteiger partial charge in [0, 0.05) is 11.8 Å². The number of urea groups is 1. The van der Waals surface area contributed by atoms with Gasteiger partial charge in [-0.3, -0.25) is 19.3 Å². The highest BCUT2D eigenvalue weighted by atomic mass is 16.6. The van der Waals surface area contributed by atoms with Crippen LogP contribution in [-0.2, 0) is 19.1 Å². The molecule has 3 rings (SSSR count). The average molecular weight is 419 g/mol. The fourth-order valence-corrected chi connectivity index (χ4v) is 3.23. The van der Waals surface area contributed by atoms with Crippen LogP contribution < -0.4 is 20.1 Å². The first-order valence-corrected chi connectivity index (χ1v) is 9.81. The van der Waals surface area contributed by atoms with Gasteiger partial charge in [0.25, 0.3) is 11.8 Å². The second-order valence-corrected chi connectivity index (χ2v) is 7.32. The minimum Gasteiger partial charge on any atom is -0.486 e. The van der Waals surface area contributed by atoms with E-state index in [1.54, 1.807) is 25.1 Å². The first-order valence-electron chi connectivity index (χ1n) is 9.81. The lowest BCUT2D eigenvalue weighted by atomic mass is 9.95. The number of carbonyl (C=O) groups excluding carboxylic acids is 4. The first kappa shape index (κ1) is 21.4. The number of carbonyl (C=O) groups is 4. The Bertz CT molecular complexity index is 857. The molecule has 1 aromatic rings. The number of anilines is 1. The number of benzene rings is 1. The number of hydrogen-bond donors (Lipinski definition) is 2. The number of nitrogens with zero attached hydrogens (tertiary/aromatic N) is 1. The molecule has 10 nitrogen and oxygen atoms in total. The number of amides is 4. The van der Waals surface area contributed by atoms with E-state index in [1.165, 1.54) is 0 Å². The lowest BCUT2D eigenvalue weighted by Gasteiger charge is -2.21. The van der Waals surface area contributed by atoms with E-state index in [0.717, 1.165) is 17.7 Å². The lowest BCUT2D eigenvalue weighted by Crippen LogP contribution is -2.44. The minimum absolute atomic E-state index is 0.419. The van der Waals surface area contributed by atoms with Gasteiger partial charge in [-0.1, -0.05) is 19.8 Å². The number of rotatable bonds is 8. The van der Waals surface area contributed by atoms with Crippen molar-refractivity contribution < 1.29 is 33.4 Å². The number of ether oxygens (including phenoxy) is 3. The molecular formula is C20H25N3O7. The molecule has 162 valence electrons. The van der Waals surface area contributed by atoms with Gasteiger partial charge in [-0.05, 0) is 25.5 Å². The Morgan fingerprint density at radius 1 is 1.23 bits per heavy atom. The van der Waals surface area contributed by atoms with Gasteiger partial charge < -0.3 is 24.8 Å². The smallest absolute Gasteiger partial charge is 0.326 e. The van der Waals surface area contributed by atoms with E-state index in [9.17, 15) is 19.2 Å². The van der Waals surface area contributed by atoms with Crippen molar-refractivity contribution in [3.05, 3.63) is 18.2 Å². The van der Waals surface area contributed by atoms with Crippen molar-refractivity contribution in [2.75, 3.05) is 31.7 Å². The van der Waals surface area contributed by atoms with Crippen LogP contribution in [0.15, 0.2) is 18.2 Å². The van der Waals surface area contributed by atoms with E-state index >= 15 is 0 Å². The minimum atomic E-state index is -1.02. The zero-order valence-corrected chi connectivity index (χ0v) is 17.0. The van der Waals surface area contributed by atoms with Gasteiger partial charge in [0.2, 0.25) is 0 Å². The molecule has 4 amide bonds. The van der Waals surface area contributed by atoms with Crippen molar-refractivity contribution in [3.63, 3.8) is 0 Å². The Balaban J connectivity index is 1.48. The van der Waals surface area contributed by atoms with Gasteiger partial charge in [-0.25, -0.2) is 4.79 Å². The summed E-state index contributed by atoms with van der Waals surface area (Å²) in [5.74, 6) is -0.787. The summed E-state index contributed by atoms with van der Waals surface area (Å²) in [4.78, 5) is 49.5. The summed E-state index contributed by atoms with van der Waals surface area (Å²) in [7, 11) is 0. The van der Waals surface area contributed by atoms with Gasteiger partial charge in [0.1, 0.15) is 25.3 Å². The van der Waals surface area contributed by atoms with Crippen LogP contribution in [0.4, 0.5) is 10.5 Å². The van der Waals surface area contributed by atoms with Crippen molar-refractivity contribution in [2.45, 2.75) is 38.6 Å². The molecule has 0 spiro atoms. The van der Waals surface area contributed by atoms with Crippen LogP contribution in [0.2, 0.25) is 0 Å². The maximum atomic E-state index is 12.5. The molecule has 1 fully saturated rings. The Hall–Kier alpha value is -3.30. The fourth-order valence-electron chi connectivity index (χ4n) is 3.23. The van der Waals surface area contributed by atoms with E-state index < -0.39 is 42.5 Å². The van der Waals surface area contributed by atoms with Crippen molar-refractivity contribution in [3.8, 4) is 11.5 Å². The summed E-state index contributed by atoms with van der Waals surface area (Å²) < 4.78 is 15.8. The summed E-state index contributed by atoms with van der Waals surface area (Å²) in [5.41, 5.74) is -0.565. The van der Waals surface area contributed by atoms with Crippen LogP contribution in [0, 0.1) is 0 Å². The van der Waals surface area contributed by atoms with Crippen LogP contribution in [0.1, 0.15) is 33.1 Å². The largest absolute Gasteiger partial charge is 0.486 e. The van der Waals surface area contributed by atoms with Crippen LogP contribution in [-0.4, -0.2) is 60.6 Å². The molecule has 30 heavy (non-hydrogen) atoms. The second kappa shape index (κ2) is 9.02. The molecule has 0 aromatic heterocycles. The summed E-state index contributed by atoms with van der Waals surface area (Å²) in [6.07, 6.45) is 2.12. The van der Waals surface area contributed by atoms with Gasteiger partial charge in [-0.2, -0.15) is 0 Å². The fraction of sp³-hybridized carbons (Fsp3) is 0.500. The van der Waals surface area contributed by atoms with Crippen LogP contribution in [0.5, 0.6) is 11.5 Å². The maximum Gasteiger partial charge on any atom is 0.326 e. The molecule has 2 heterocycles. The van der Waals surface area contributed by atoms with E-state index in [2.05, 4.69) is 10.6 Å². The summed E-state index contributed by atoms with van der Waals surface area (Å²) in [5, 5.41) is 5.20. The molecular weight excluding hydrogens is 394 g/mol. The molecule has 0 unspecified atom stereocenters. The second-order valence-electron chi connectivity index (χ2n) is 7.32. The summed E-state index contributed by atoms with van der Waals surface area (Å²) in [6, 6.07) is 4.27. The number of hydrogen-bond acceptors (Lipinski definition) is 7. The SMILES string of the molecule is CCCC[C@@]1(C)NC(=O)N(CC(=O)OCC(=O)Nc2ccc3c(c2)OCCO3)C1=O. The molecule has 0 radical (unpaired) electrons. The third-order valence-electron chi connectivity index (χ3n) is 4.85. The van der Waals surface area contributed by atoms with Crippen molar-refractivity contribution >= 4 is 29.5 Å². The van der Waals surface area contributed by atoms with Crippen LogP contribution in [0.25, 0.3) is 0 Å². The van der Waals surface area contributed by atoms with Gasteiger partial charge in [0.15, 0.2) is 18.1 Å². The molecule has 0 saturated carbocycles. The number of fused-ring (bicyclic) bond motifs is 1. The predicted molar refractivity (Wildman–Crippen MR) is 105 cm³/mol. The zero-order chi connectivity index (χ0) is 21.7. The van der Waals surface area contributed by atoms with E-state index in [4.69, 9.17) is 14.2 Å².